The van der Waals surface area contributed by atoms with Gasteiger partial charge in [-0.25, -0.2) is 0 Å². The van der Waals surface area contributed by atoms with Crippen LogP contribution in [0.5, 0.6) is 0 Å². The van der Waals surface area contributed by atoms with E-state index in [-0.39, 0.29) is 5.54 Å². The first-order valence-electron chi connectivity index (χ1n) is 9.34. The summed E-state index contributed by atoms with van der Waals surface area (Å²) in [6.07, 6.45) is 15.4. The van der Waals surface area contributed by atoms with Gasteiger partial charge in [-0.2, -0.15) is 0 Å². The molecular formula is C18H32N2O. The maximum Gasteiger partial charge on any atom is 0.244 e. The molecule has 3 heteroatoms. The first-order chi connectivity index (χ1) is 10.2. The highest BCUT2D eigenvalue weighted by Crippen LogP contribution is 2.38. The molecule has 21 heavy (non-hydrogen) atoms. The molecule has 2 aliphatic carbocycles. The summed E-state index contributed by atoms with van der Waals surface area (Å²) >= 11 is 0. The molecule has 3 nitrogen and oxygen atoms in total. The molecule has 1 N–H and O–H groups in total. The molecule has 3 aliphatic rings. The van der Waals surface area contributed by atoms with Gasteiger partial charge < -0.3 is 4.90 Å². The van der Waals surface area contributed by atoms with Crippen LogP contribution in [0, 0.1) is 5.92 Å². The number of amides is 1. The summed E-state index contributed by atoms with van der Waals surface area (Å²) in [6, 6.07) is 0. The van der Waals surface area contributed by atoms with Gasteiger partial charge in [0.2, 0.25) is 5.91 Å². The fourth-order valence-corrected chi connectivity index (χ4v) is 4.77. The number of carbonyl (C=O) groups is 1. The van der Waals surface area contributed by atoms with Crippen molar-refractivity contribution in [2.45, 2.75) is 95.7 Å². The lowest BCUT2D eigenvalue weighted by atomic mass is 9.87. The third kappa shape index (κ3) is 3.13. The van der Waals surface area contributed by atoms with Crippen LogP contribution in [-0.4, -0.2) is 29.1 Å². The number of nitrogens with one attached hydrogen (secondary N) is 1. The molecule has 1 spiro atoms. The number of hydrogen-bond donors (Lipinski definition) is 1. The zero-order valence-corrected chi connectivity index (χ0v) is 13.7. The molecule has 1 heterocycles. The summed E-state index contributed by atoms with van der Waals surface area (Å²) in [6.45, 7) is 3.22. The lowest BCUT2D eigenvalue weighted by Crippen LogP contribution is -2.44. The minimum atomic E-state index is -0.174. The Bertz CT molecular complexity index is 356. The summed E-state index contributed by atoms with van der Waals surface area (Å²) in [4.78, 5) is 15.2. The molecule has 0 bridgehead atoms. The highest BCUT2D eigenvalue weighted by Gasteiger charge is 2.51. The molecule has 3 rings (SSSR count). The Morgan fingerprint density at radius 1 is 1.10 bits per heavy atom. The minimum absolute atomic E-state index is 0.174. The molecule has 2 saturated carbocycles. The van der Waals surface area contributed by atoms with Crippen molar-refractivity contribution < 1.29 is 4.79 Å². The Kier molecular flexibility index (Phi) is 4.88. The second-order valence-electron chi connectivity index (χ2n) is 7.53. The van der Waals surface area contributed by atoms with Crippen molar-refractivity contribution in [3.8, 4) is 0 Å². The predicted octanol–water partition coefficient (Wildman–Crippen LogP) is 3.83. The van der Waals surface area contributed by atoms with Crippen molar-refractivity contribution in [1.29, 1.82) is 0 Å². The quantitative estimate of drug-likeness (QED) is 0.835. The smallest absolute Gasteiger partial charge is 0.244 e. The zero-order valence-electron chi connectivity index (χ0n) is 13.7. The third-order valence-electron chi connectivity index (χ3n) is 6.01. The Hall–Kier alpha value is -0.570. The lowest BCUT2D eigenvalue weighted by Gasteiger charge is -2.28. The Balaban J connectivity index is 1.61. The molecule has 3 fully saturated rings. The molecule has 1 aliphatic heterocycles. The van der Waals surface area contributed by atoms with Gasteiger partial charge >= 0.3 is 0 Å². The second kappa shape index (κ2) is 6.68. The summed E-state index contributed by atoms with van der Waals surface area (Å²) in [5.74, 6) is 1.29. The van der Waals surface area contributed by atoms with Gasteiger partial charge in [0.05, 0.1) is 11.7 Å². The van der Waals surface area contributed by atoms with E-state index in [0.29, 0.717) is 12.1 Å². The minimum Gasteiger partial charge on any atom is -0.326 e. The number of carbonyl (C=O) groups excluding carboxylic acids is 1. The van der Waals surface area contributed by atoms with Gasteiger partial charge in [0.1, 0.15) is 0 Å². The first kappa shape index (κ1) is 15.3. The van der Waals surface area contributed by atoms with E-state index in [4.69, 9.17) is 0 Å². The van der Waals surface area contributed by atoms with Crippen LogP contribution < -0.4 is 5.32 Å². The normalized spacial score (nSPS) is 29.7. The molecule has 0 radical (unpaired) electrons. The zero-order chi connectivity index (χ0) is 14.7. The van der Waals surface area contributed by atoms with Crippen LogP contribution >= 0.6 is 0 Å². The highest BCUT2D eigenvalue weighted by atomic mass is 16.2. The van der Waals surface area contributed by atoms with Crippen LogP contribution in [0.25, 0.3) is 0 Å². The molecule has 1 atom stereocenters. The average molecular weight is 292 g/mol. The number of rotatable bonds is 5. The van der Waals surface area contributed by atoms with Crippen LogP contribution in [0.3, 0.4) is 0 Å². The second-order valence-corrected chi connectivity index (χ2v) is 7.53. The van der Waals surface area contributed by atoms with Gasteiger partial charge in [-0.1, -0.05) is 58.3 Å². The number of nitrogens with zero attached hydrogens (tertiary/aromatic N) is 1. The Labute approximate surface area is 129 Å². The average Bonchev–Trinajstić information content (AvgIpc) is 3.07. The third-order valence-corrected chi connectivity index (χ3v) is 6.01. The van der Waals surface area contributed by atoms with E-state index in [1.165, 1.54) is 51.4 Å². The molecule has 1 saturated heterocycles. The molecule has 120 valence electrons. The van der Waals surface area contributed by atoms with Crippen molar-refractivity contribution in [3.63, 3.8) is 0 Å². The monoisotopic (exact) mass is 292 g/mol. The summed E-state index contributed by atoms with van der Waals surface area (Å²) < 4.78 is 0. The SMILES string of the molecule is CCCC1NC2(CCCC2)C(=O)N1CCC1CCCCC1. The Morgan fingerprint density at radius 2 is 1.81 bits per heavy atom. The van der Waals surface area contributed by atoms with Crippen molar-refractivity contribution >= 4 is 5.91 Å². The predicted molar refractivity (Wildman–Crippen MR) is 85.9 cm³/mol. The topological polar surface area (TPSA) is 32.3 Å². The summed E-state index contributed by atoms with van der Waals surface area (Å²) in [5.41, 5.74) is -0.174. The standard InChI is InChI=1S/C18H32N2O/c1-2-8-16-19-18(12-6-7-13-18)17(21)20(16)14-11-15-9-4-3-5-10-15/h15-16,19H,2-14H2,1H3. The van der Waals surface area contributed by atoms with Crippen LogP contribution in [0.15, 0.2) is 0 Å². The van der Waals surface area contributed by atoms with Crippen molar-refractivity contribution in [1.82, 2.24) is 10.2 Å². The van der Waals surface area contributed by atoms with Gasteiger partial charge in [0, 0.05) is 6.54 Å². The molecule has 0 aromatic carbocycles. The van der Waals surface area contributed by atoms with E-state index in [1.807, 2.05) is 0 Å². The molecular weight excluding hydrogens is 260 g/mol. The largest absolute Gasteiger partial charge is 0.326 e. The van der Waals surface area contributed by atoms with Crippen LogP contribution in [0.4, 0.5) is 0 Å². The Morgan fingerprint density at radius 3 is 2.48 bits per heavy atom. The van der Waals surface area contributed by atoms with Crippen LogP contribution in [0.2, 0.25) is 0 Å². The van der Waals surface area contributed by atoms with E-state index >= 15 is 0 Å². The maximum absolute atomic E-state index is 13.0. The fraction of sp³-hybridized carbons (Fsp3) is 0.944. The molecule has 1 unspecified atom stereocenters. The first-order valence-corrected chi connectivity index (χ1v) is 9.34. The van der Waals surface area contributed by atoms with Crippen LogP contribution in [-0.2, 0) is 4.79 Å². The fourth-order valence-electron chi connectivity index (χ4n) is 4.77. The van der Waals surface area contributed by atoms with Crippen molar-refractivity contribution in [2.24, 2.45) is 5.92 Å². The highest BCUT2D eigenvalue weighted by molar-refractivity contribution is 5.89. The summed E-state index contributed by atoms with van der Waals surface area (Å²) in [7, 11) is 0. The van der Waals surface area contributed by atoms with E-state index in [1.54, 1.807) is 0 Å². The van der Waals surface area contributed by atoms with E-state index in [0.717, 1.165) is 38.1 Å². The maximum atomic E-state index is 13.0. The van der Waals surface area contributed by atoms with Crippen LogP contribution in [0.1, 0.15) is 84.0 Å². The molecule has 1 amide bonds. The summed E-state index contributed by atoms with van der Waals surface area (Å²) in [5, 5.41) is 3.73. The van der Waals surface area contributed by atoms with E-state index < -0.39 is 0 Å². The van der Waals surface area contributed by atoms with Gasteiger partial charge in [0.15, 0.2) is 0 Å². The van der Waals surface area contributed by atoms with E-state index in [2.05, 4.69) is 17.1 Å². The number of hydrogen-bond acceptors (Lipinski definition) is 2. The molecule has 0 aromatic rings. The van der Waals surface area contributed by atoms with Gasteiger partial charge in [-0.15, -0.1) is 0 Å². The van der Waals surface area contributed by atoms with Crippen molar-refractivity contribution in [2.75, 3.05) is 6.54 Å². The van der Waals surface area contributed by atoms with Gasteiger partial charge in [-0.05, 0) is 31.6 Å². The van der Waals surface area contributed by atoms with Gasteiger partial charge in [-0.3, -0.25) is 10.1 Å². The van der Waals surface area contributed by atoms with E-state index in [9.17, 15) is 4.79 Å². The van der Waals surface area contributed by atoms with Gasteiger partial charge in [0.25, 0.3) is 0 Å². The lowest BCUT2D eigenvalue weighted by molar-refractivity contribution is -0.133. The molecule has 0 aromatic heterocycles. The van der Waals surface area contributed by atoms with Crippen molar-refractivity contribution in [3.05, 3.63) is 0 Å².